The topological polar surface area (TPSA) is 0 Å². The highest BCUT2D eigenvalue weighted by molar-refractivity contribution is 5.31. The minimum Gasteiger partial charge on any atom is -0.0651 e. The van der Waals surface area contributed by atoms with Crippen molar-refractivity contribution in [1.29, 1.82) is 0 Å². The minimum absolute atomic E-state index is 0.770. The van der Waals surface area contributed by atoms with Crippen LogP contribution in [0.5, 0.6) is 0 Å². The molecule has 0 aromatic rings. The highest BCUT2D eigenvalue weighted by Gasteiger charge is 2.84. The number of rotatable bonds is 1. The first-order valence-electron chi connectivity index (χ1n) is 7.07. The lowest BCUT2D eigenvalue weighted by molar-refractivity contribution is 0.00611. The van der Waals surface area contributed by atoms with Gasteiger partial charge in [0.25, 0.3) is 0 Å². The van der Waals surface area contributed by atoms with Crippen LogP contribution in [0.1, 0.15) is 47.0 Å². The van der Waals surface area contributed by atoms with Crippen LogP contribution in [0.2, 0.25) is 0 Å². The molecule has 15 heavy (non-hydrogen) atoms. The molecule has 6 aliphatic carbocycles. The van der Waals surface area contributed by atoms with Gasteiger partial charge in [-0.25, -0.2) is 0 Å². The molecule has 0 saturated heterocycles. The van der Waals surface area contributed by atoms with Crippen molar-refractivity contribution in [3.8, 4) is 0 Å². The van der Waals surface area contributed by atoms with Gasteiger partial charge < -0.3 is 0 Å². The maximum absolute atomic E-state index is 2.61. The molecule has 0 amide bonds. The van der Waals surface area contributed by atoms with Crippen LogP contribution >= 0.6 is 0 Å². The largest absolute Gasteiger partial charge is 0.0651 e. The Bertz CT molecular complexity index is 333. The quantitative estimate of drug-likeness (QED) is 0.606. The van der Waals surface area contributed by atoms with Crippen molar-refractivity contribution < 1.29 is 0 Å². The summed E-state index contributed by atoms with van der Waals surface area (Å²) in [7, 11) is 0. The van der Waals surface area contributed by atoms with Gasteiger partial charge in [-0.15, -0.1) is 0 Å². The molecule has 1 spiro atoms. The van der Waals surface area contributed by atoms with Crippen molar-refractivity contribution in [3.63, 3.8) is 0 Å². The van der Waals surface area contributed by atoms with E-state index in [4.69, 9.17) is 0 Å². The maximum atomic E-state index is 2.61. The van der Waals surface area contributed by atoms with E-state index >= 15 is 0 Å². The Morgan fingerprint density at radius 1 is 1.20 bits per heavy atom. The van der Waals surface area contributed by atoms with Crippen LogP contribution in [0.4, 0.5) is 0 Å². The molecule has 0 aliphatic heterocycles. The SMILES string of the molecule is CCC1C(C)C2CC13C1CC(C)(C1C)C23. The van der Waals surface area contributed by atoms with Crippen molar-refractivity contribution in [2.45, 2.75) is 47.0 Å². The molecular weight excluding hydrogens is 180 g/mol. The third-order valence-electron chi connectivity index (χ3n) is 7.74. The van der Waals surface area contributed by atoms with Crippen molar-refractivity contribution >= 4 is 0 Å². The first-order valence-corrected chi connectivity index (χ1v) is 7.07. The van der Waals surface area contributed by atoms with E-state index in [9.17, 15) is 0 Å². The van der Waals surface area contributed by atoms with Crippen LogP contribution in [0, 0.1) is 46.3 Å². The normalized spacial score (nSPS) is 73.6. The van der Waals surface area contributed by atoms with E-state index in [1.807, 2.05) is 0 Å². The Kier molecular flexibility index (Phi) is 1.31. The zero-order valence-corrected chi connectivity index (χ0v) is 10.6. The molecule has 0 nitrogen and oxygen atoms in total. The van der Waals surface area contributed by atoms with Crippen LogP contribution in [-0.2, 0) is 0 Å². The van der Waals surface area contributed by atoms with E-state index in [2.05, 4.69) is 27.7 Å². The molecule has 4 bridgehead atoms. The fourth-order valence-corrected chi connectivity index (χ4v) is 7.26. The van der Waals surface area contributed by atoms with Crippen molar-refractivity contribution in [2.75, 3.05) is 0 Å². The van der Waals surface area contributed by atoms with Gasteiger partial charge in [0, 0.05) is 0 Å². The fraction of sp³-hybridized carbons (Fsp3) is 1.00. The first-order chi connectivity index (χ1) is 7.07. The molecule has 0 aromatic carbocycles. The summed E-state index contributed by atoms with van der Waals surface area (Å²) in [6.07, 6.45) is 4.65. The van der Waals surface area contributed by atoms with Gasteiger partial charge in [0.2, 0.25) is 0 Å². The van der Waals surface area contributed by atoms with Gasteiger partial charge in [-0.2, -0.15) is 0 Å². The third-order valence-corrected chi connectivity index (χ3v) is 7.74. The van der Waals surface area contributed by atoms with E-state index in [1.165, 1.54) is 6.42 Å². The first kappa shape index (κ1) is 9.07. The van der Waals surface area contributed by atoms with Crippen LogP contribution < -0.4 is 0 Å². The standard InChI is InChI=1S/C15H24/c1-5-11-8(2)10-6-15(11)12-7-14(4,9(12)3)13(10)15/h8-13H,5-7H2,1-4H3. The number of hydrogen-bond acceptors (Lipinski definition) is 0. The van der Waals surface area contributed by atoms with Crippen molar-refractivity contribution in [2.24, 2.45) is 46.3 Å². The lowest BCUT2D eigenvalue weighted by Gasteiger charge is -2.47. The van der Waals surface area contributed by atoms with E-state index < -0.39 is 0 Å². The molecule has 6 fully saturated rings. The van der Waals surface area contributed by atoms with Crippen LogP contribution in [0.3, 0.4) is 0 Å². The van der Waals surface area contributed by atoms with E-state index in [0.717, 1.165) is 46.3 Å². The Hall–Kier alpha value is 0. The number of fused-ring (bicyclic) bond motifs is 1. The molecule has 8 unspecified atom stereocenters. The highest BCUT2D eigenvalue weighted by atomic mass is 14.9. The van der Waals surface area contributed by atoms with Crippen molar-refractivity contribution in [1.82, 2.24) is 0 Å². The summed E-state index contributed by atoms with van der Waals surface area (Å²) >= 11 is 0. The summed E-state index contributed by atoms with van der Waals surface area (Å²) < 4.78 is 0. The smallest absolute Gasteiger partial charge is 0.0196 e. The van der Waals surface area contributed by atoms with Gasteiger partial charge in [0.1, 0.15) is 0 Å². The van der Waals surface area contributed by atoms with Crippen LogP contribution in [0.25, 0.3) is 0 Å². The molecule has 84 valence electrons. The van der Waals surface area contributed by atoms with Crippen LogP contribution in [0.15, 0.2) is 0 Å². The maximum Gasteiger partial charge on any atom is -0.0196 e. The molecular formula is C15H24. The fourth-order valence-electron chi connectivity index (χ4n) is 7.26. The second-order valence-electron chi connectivity index (χ2n) is 7.44. The zero-order valence-electron chi connectivity index (χ0n) is 10.6. The molecule has 6 rings (SSSR count). The monoisotopic (exact) mass is 204 g/mol. The molecule has 0 aromatic heterocycles. The van der Waals surface area contributed by atoms with E-state index in [1.54, 1.807) is 12.8 Å². The molecule has 0 heteroatoms. The summed E-state index contributed by atoms with van der Waals surface area (Å²) in [5.74, 6) is 6.58. The third kappa shape index (κ3) is 0.599. The average molecular weight is 204 g/mol. The van der Waals surface area contributed by atoms with Gasteiger partial charge in [-0.1, -0.05) is 34.1 Å². The highest BCUT2D eigenvalue weighted by Crippen LogP contribution is 2.89. The second-order valence-corrected chi connectivity index (χ2v) is 7.44. The second kappa shape index (κ2) is 2.17. The lowest BCUT2D eigenvalue weighted by Crippen LogP contribution is -2.41. The van der Waals surface area contributed by atoms with E-state index in [0.29, 0.717) is 0 Å². The summed E-state index contributed by atoms with van der Waals surface area (Å²) in [5.41, 5.74) is 1.62. The van der Waals surface area contributed by atoms with Crippen LogP contribution in [-0.4, -0.2) is 0 Å². The van der Waals surface area contributed by atoms with Gasteiger partial charge in [0.05, 0.1) is 0 Å². The molecule has 6 saturated carbocycles. The Labute approximate surface area is 93.8 Å². The predicted octanol–water partition coefficient (Wildman–Crippen LogP) is 3.96. The summed E-state index contributed by atoms with van der Waals surface area (Å²) in [6.45, 7) is 10.2. The summed E-state index contributed by atoms with van der Waals surface area (Å²) in [5, 5.41) is 0. The Morgan fingerprint density at radius 2 is 1.93 bits per heavy atom. The number of hydrogen-bond donors (Lipinski definition) is 0. The average Bonchev–Trinajstić information content (AvgIpc) is 2.69. The van der Waals surface area contributed by atoms with Crippen molar-refractivity contribution in [3.05, 3.63) is 0 Å². The summed E-state index contributed by atoms with van der Waals surface area (Å²) in [6, 6.07) is 0. The van der Waals surface area contributed by atoms with Gasteiger partial charge in [-0.05, 0) is 59.2 Å². The predicted molar refractivity (Wildman–Crippen MR) is 62.4 cm³/mol. The van der Waals surface area contributed by atoms with Gasteiger partial charge in [-0.3, -0.25) is 0 Å². The van der Waals surface area contributed by atoms with E-state index in [-0.39, 0.29) is 0 Å². The molecule has 8 atom stereocenters. The molecule has 0 N–H and O–H groups in total. The van der Waals surface area contributed by atoms with Gasteiger partial charge in [0.15, 0.2) is 0 Å². The minimum atomic E-state index is 0.770. The molecule has 0 heterocycles. The summed E-state index contributed by atoms with van der Waals surface area (Å²) in [4.78, 5) is 0. The Morgan fingerprint density at radius 3 is 2.53 bits per heavy atom. The lowest BCUT2D eigenvalue weighted by atomic mass is 9.57. The van der Waals surface area contributed by atoms with Gasteiger partial charge >= 0.3 is 0 Å². The molecule has 0 radical (unpaired) electrons. The Balaban J connectivity index is 1.83. The zero-order chi connectivity index (χ0) is 10.6. The molecule has 6 aliphatic rings.